The third-order valence-electron chi connectivity index (χ3n) is 1.56. The van der Waals surface area contributed by atoms with Gasteiger partial charge in [0.15, 0.2) is 6.29 Å². The molecular formula is C8H5BrClF2NO. The molecule has 0 radical (unpaired) electrons. The number of alkyl halides is 3. The van der Waals surface area contributed by atoms with Gasteiger partial charge in [-0.05, 0) is 6.07 Å². The van der Waals surface area contributed by atoms with Gasteiger partial charge in [0.2, 0.25) is 0 Å². The Kier molecular flexibility index (Phi) is 3.95. The highest BCUT2D eigenvalue weighted by atomic mass is 79.9. The van der Waals surface area contributed by atoms with Gasteiger partial charge in [-0.25, -0.2) is 13.8 Å². The van der Waals surface area contributed by atoms with E-state index in [1.807, 2.05) is 0 Å². The second-order valence-electron chi connectivity index (χ2n) is 2.45. The molecule has 1 aromatic heterocycles. The Bertz CT molecular complexity index is 359. The van der Waals surface area contributed by atoms with Gasteiger partial charge in [0.05, 0.1) is 17.1 Å². The van der Waals surface area contributed by atoms with E-state index in [1.54, 1.807) is 0 Å². The summed E-state index contributed by atoms with van der Waals surface area (Å²) < 4.78 is 25.1. The summed E-state index contributed by atoms with van der Waals surface area (Å²) in [7, 11) is 0. The number of rotatable bonds is 3. The second kappa shape index (κ2) is 4.79. The highest BCUT2D eigenvalue weighted by molar-refractivity contribution is 9.10. The van der Waals surface area contributed by atoms with Crippen molar-refractivity contribution < 1.29 is 13.6 Å². The first-order valence-corrected chi connectivity index (χ1v) is 4.91. The number of nitrogens with zero attached hydrogens (tertiary/aromatic N) is 1. The van der Waals surface area contributed by atoms with Gasteiger partial charge in [-0.1, -0.05) is 15.9 Å². The van der Waals surface area contributed by atoms with Crippen molar-refractivity contribution in [1.82, 2.24) is 4.98 Å². The fourth-order valence-electron chi connectivity index (χ4n) is 0.968. The SMILES string of the molecule is O=Cc1nc(CCl)cc(Br)c1C(F)F. The molecule has 76 valence electrons. The van der Waals surface area contributed by atoms with E-state index in [-0.39, 0.29) is 16.0 Å². The van der Waals surface area contributed by atoms with Gasteiger partial charge in [0.1, 0.15) is 5.69 Å². The zero-order valence-electron chi connectivity index (χ0n) is 6.81. The van der Waals surface area contributed by atoms with Gasteiger partial charge in [0, 0.05) is 4.47 Å². The molecule has 2 nitrogen and oxygen atoms in total. The Labute approximate surface area is 92.4 Å². The van der Waals surface area contributed by atoms with Gasteiger partial charge in [-0.3, -0.25) is 4.79 Å². The van der Waals surface area contributed by atoms with Crippen LogP contribution in [0.3, 0.4) is 0 Å². The van der Waals surface area contributed by atoms with E-state index in [0.717, 1.165) is 0 Å². The minimum atomic E-state index is -2.73. The number of hydrogen-bond donors (Lipinski definition) is 0. The van der Waals surface area contributed by atoms with Gasteiger partial charge in [0.25, 0.3) is 6.43 Å². The smallest absolute Gasteiger partial charge is 0.267 e. The molecule has 0 spiro atoms. The number of carbonyl (C=O) groups is 1. The van der Waals surface area contributed by atoms with Crippen LogP contribution in [0.15, 0.2) is 10.5 Å². The molecule has 0 bridgehead atoms. The maximum atomic E-state index is 12.4. The van der Waals surface area contributed by atoms with Gasteiger partial charge < -0.3 is 0 Å². The normalized spacial score (nSPS) is 10.6. The van der Waals surface area contributed by atoms with E-state index in [1.165, 1.54) is 6.07 Å². The standard InChI is InChI=1S/C8H5BrClF2NO/c9-5-1-4(2-10)13-6(3-14)7(5)8(11)12/h1,3,8H,2H2. The maximum absolute atomic E-state index is 12.4. The van der Waals surface area contributed by atoms with E-state index >= 15 is 0 Å². The van der Waals surface area contributed by atoms with E-state index in [9.17, 15) is 13.6 Å². The van der Waals surface area contributed by atoms with Crippen molar-refractivity contribution in [3.8, 4) is 0 Å². The van der Waals surface area contributed by atoms with E-state index in [0.29, 0.717) is 12.0 Å². The molecule has 0 aliphatic carbocycles. The van der Waals surface area contributed by atoms with Crippen molar-refractivity contribution in [3.63, 3.8) is 0 Å². The largest absolute Gasteiger partial charge is 0.296 e. The molecular weight excluding hydrogens is 279 g/mol. The van der Waals surface area contributed by atoms with Crippen LogP contribution in [-0.4, -0.2) is 11.3 Å². The van der Waals surface area contributed by atoms with Crippen molar-refractivity contribution >= 4 is 33.8 Å². The van der Waals surface area contributed by atoms with Crippen molar-refractivity contribution in [1.29, 1.82) is 0 Å². The highest BCUT2D eigenvalue weighted by Crippen LogP contribution is 2.29. The molecule has 1 aromatic rings. The average Bonchev–Trinajstić information content (AvgIpc) is 2.15. The monoisotopic (exact) mass is 283 g/mol. The number of hydrogen-bond acceptors (Lipinski definition) is 2. The molecule has 0 aromatic carbocycles. The Morgan fingerprint density at radius 2 is 2.29 bits per heavy atom. The Morgan fingerprint density at radius 1 is 1.64 bits per heavy atom. The van der Waals surface area contributed by atoms with Crippen molar-refractivity contribution in [2.75, 3.05) is 0 Å². The molecule has 0 saturated carbocycles. The number of pyridine rings is 1. The summed E-state index contributed by atoms with van der Waals surface area (Å²) in [6, 6.07) is 1.38. The Morgan fingerprint density at radius 3 is 2.71 bits per heavy atom. The molecule has 14 heavy (non-hydrogen) atoms. The molecule has 1 heterocycles. The highest BCUT2D eigenvalue weighted by Gasteiger charge is 2.18. The van der Waals surface area contributed by atoms with Crippen LogP contribution in [0.2, 0.25) is 0 Å². The molecule has 1 rings (SSSR count). The minimum Gasteiger partial charge on any atom is -0.296 e. The van der Waals surface area contributed by atoms with Gasteiger partial charge in [-0.15, -0.1) is 11.6 Å². The summed E-state index contributed by atoms with van der Waals surface area (Å²) in [4.78, 5) is 14.2. The van der Waals surface area contributed by atoms with Crippen LogP contribution in [0.1, 0.15) is 28.2 Å². The first kappa shape index (κ1) is 11.5. The summed E-state index contributed by atoms with van der Waals surface area (Å²) in [6.07, 6.45) is -2.44. The van der Waals surface area contributed by atoms with Crippen molar-refractivity contribution in [3.05, 3.63) is 27.5 Å². The van der Waals surface area contributed by atoms with E-state index in [2.05, 4.69) is 20.9 Å². The summed E-state index contributed by atoms with van der Waals surface area (Å²) >= 11 is 8.42. The minimum absolute atomic E-state index is 0.0724. The van der Waals surface area contributed by atoms with Crippen molar-refractivity contribution in [2.24, 2.45) is 0 Å². The lowest BCUT2D eigenvalue weighted by Crippen LogP contribution is -2.01. The summed E-state index contributed by atoms with van der Waals surface area (Å²) in [5.41, 5.74) is -0.288. The first-order valence-electron chi connectivity index (χ1n) is 3.58. The molecule has 0 amide bonds. The van der Waals surface area contributed by atoms with Crippen molar-refractivity contribution in [2.45, 2.75) is 12.3 Å². The molecule has 0 atom stereocenters. The van der Waals surface area contributed by atoms with Gasteiger partial charge in [-0.2, -0.15) is 0 Å². The van der Waals surface area contributed by atoms with E-state index in [4.69, 9.17) is 11.6 Å². The number of carbonyl (C=O) groups excluding carboxylic acids is 1. The fraction of sp³-hybridized carbons (Fsp3) is 0.250. The maximum Gasteiger partial charge on any atom is 0.267 e. The van der Waals surface area contributed by atoms with Crippen LogP contribution in [0.25, 0.3) is 0 Å². The predicted octanol–water partition coefficient (Wildman–Crippen LogP) is 3.33. The molecule has 0 saturated heterocycles. The Balaban J connectivity index is 3.34. The lowest BCUT2D eigenvalue weighted by Gasteiger charge is -2.07. The summed E-state index contributed by atoms with van der Waals surface area (Å²) in [5, 5.41) is 0. The zero-order chi connectivity index (χ0) is 10.7. The summed E-state index contributed by atoms with van der Waals surface area (Å²) in [5.74, 6) is 0.0724. The average molecular weight is 284 g/mol. The lowest BCUT2D eigenvalue weighted by atomic mass is 10.2. The third-order valence-corrected chi connectivity index (χ3v) is 2.49. The lowest BCUT2D eigenvalue weighted by molar-refractivity contribution is 0.110. The quantitative estimate of drug-likeness (QED) is 0.629. The van der Waals surface area contributed by atoms with E-state index < -0.39 is 12.0 Å². The van der Waals surface area contributed by atoms with Crippen LogP contribution < -0.4 is 0 Å². The zero-order valence-corrected chi connectivity index (χ0v) is 9.15. The molecule has 0 aliphatic rings. The van der Waals surface area contributed by atoms with Crippen LogP contribution in [-0.2, 0) is 5.88 Å². The predicted molar refractivity (Wildman–Crippen MR) is 51.8 cm³/mol. The van der Waals surface area contributed by atoms with Gasteiger partial charge >= 0.3 is 0 Å². The second-order valence-corrected chi connectivity index (χ2v) is 3.57. The number of aromatic nitrogens is 1. The van der Waals surface area contributed by atoms with Crippen LogP contribution in [0, 0.1) is 0 Å². The molecule has 0 N–H and O–H groups in total. The third kappa shape index (κ3) is 2.27. The molecule has 0 aliphatic heterocycles. The summed E-state index contributed by atoms with van der Waals surface area (Å²) in [6.45, 7) is 0. The van der Waals surface area contributed by atoms with Crippen LogP contribution >= 0.6 is 27.5 Å². The first-order chi connectivity index (χ1) is 6.60. The number of halogens is 4. The molecule has 0 unspecified atom stereocenters. The number of aldehydes is 1. The molecule has 0 fully saturated rings. The van der Waals surface area contributed by atoms with Crippen LogP contribution in [0.4, 0.5) is 8.78 Å². The Hall–Kier alpha value is -0.550. The van der Waals surface area contributed by atoms with Crippen LogP contribution in [0.5, 0.6) is 0 Å². The fourth-order valence-corrected chi connectivity index (χ4v) is 1.75. The topological polar surface area (TPSA) is 30.0 Å². The molecule has 6 heteroatoms.